The Morgan fingerprint density at radius 1 is 1.11 bits per heavy atom. The van der Waals surface area contributed by atoms with E-state index in [4.69, 9.17) is 9.47 Å². The summed E-state index contributed by atoms with van der Waals surface area (Å²) in [5.41, 5.74) is 2.28. The fraction of sp³-hybridized carbons (Fsp3) is 0.435. The molecule has 2 aromatic rings. The van der Waals surface area contributed by atoms with Crippen LogP contribution in [0.5, 0.6) is 5.75 Å². The second-order valence-electron chi connectivity index (χ2n) is 7.24. The molecule has 1 fully saturated rings. The first kappa shape index (κ1) is 20.4. The van der Waals surface area contributed by atoms with Crippen molar-refractivity contribution in [2.45, 2.75) is 19.4 Å². The number of carbonyl (C=O) groups excluding carboxylic acids is 1. The third kappa shape index (κ3) is 5.33. The molecule has 5 heteroatoms. The van der Waals surface area contributed by atoms with Crippen molar-refractivity contribution in [2.24, 2.45) is 5.92 Å². The smallest absolute Gasteiger partial charge is 0.223 e. The zero-order valence-electron chi connectivity index (χ0n) is 16.8. The molecule has 2 unspecified atom stereocenters. The number of hydrogen-bond donors (Lipinski definition) is 1. The van der Waals surface area contributed by atoms with Crippen LogP contribution in [0.1, 0.15) is 24.1 Å². The molecule has 5 nitrogen and oxygen atoms in total. The number of para-hydroxylation sites is 1. The van der Waals surface area contributed by atoms with Crippen molar-refractivity contribution in [3.63, 3.8) is 0 Å². The number of ether oxygens (including phenoxy) is 2. The van der Waals surface area contributed by atoms with Gasteiger partial charge in [-0.25, -0.2) is 0 Å². The standard InChI is InChI=1S/C23H30N2O3/c1-18(16-19-8-4-3-5-9-19)23(26)24-17-21(25-12-14-28-15-13-25)20-10-6-7-11-22(20)27-2/h3-11,18,21H,12-17H2,1-2H3,(H,24,26). The van der Waals surface area contributed by atoms with E-state index >= 15 is 0 Å². The molecule has 0 radical (unpaired) electrons. The van der Waals surface area contributed by atoms with Gasteiger partial charge in [-0.3, -0.25) is 9.69 Å². The van der Waals surface area contributed by atoms with Gasteiger partial charge in [-0.1, -0.05) is 55.5 Å². The van der Waals surface area contributed by atoms with Gasteiger partial charge < -0.3 is 14.8 Å². The Balaban J connectivity index is 1.68. The molecule has 1 amide bonds. The third-order valence-electron chi connectivity index (χ3n) is 5.29. The maximum atomic E-state index is 12.7. The Kier molecular flexibility index (Phi) is 7.46. The van der Waals surface area contributed by atoms with E-state index in [9.17, 15) is 4.79 Å². The normalized spacial score (nSPS) is 16.9. The second kappa shape index (κ2) is 10.2. The molecule has 1 aliphatic rings. The highest BCUT2D eigenvalue weighted by Crippen LogP contribution is 2.29. The average molecular weight is 383 g/mol. The molecule has 2 atom stereocenters. The number of nitrogens with one attached hydrogen (secondary N) is 1. The lowest BCUT2D eigenvalue weighted by molar-refractivity contribution is -0.124. The molecule has 150 valence electrons. The molecule has 0 aromatic heterocycles. The van der Waals surface area contributed by atoms with Crippen LogP contribution in [0.2, 0.25) is 0 Å². The summed E-state index contributed by atoms with van der Waals surface area (Å²) in [4.78, 5) is 15.1. The average Bonchev–Trinajstić information content (AvgIpc) is 2.75. The first-order chi connectivity index (χ1) is 13.7. The van der Waals surface area contributed by atoms with Crippen LogP contribution in [-0.2, 0) is 16.0 Å². The Hall–Kier alpha value is -2.37. The van der Waals surface area contributed by atoms with Gasteiger partial charge in [0.2, 0.25) is 5.91 Å². The van der Waals surface area contributed by atoms with Crippen molar-refractivity contribution in [1.82, 2.24) is 10.2 Å². The van der Waals surface area contributed by atoms with Crippen LogP contribution >= 0.6 is 0 Å². The zero-order valence-corrected chi connectivity index (χ0v) is 16.8. The summed E-state index contributed by atoms with van der Waals surface area (Å²) in [6.45, 7) is 5.65. The van der Waals surface area contributed by atoms with E-state index in [1.54, 1.807) is 7.11 Å². The highest BCUT2D eigenvalue weighted by molar-refractivity contribution is 5.78. The lowest BCUT2D eigenvalue weighted by Crippen LogP contribution is -2.44. The van der Waals surface area contributed by atoms with E-state index in [0.29, 0.717) is 19.8 Å². The van der Waals surface area contributed by atoms with Gasteiger partial charge in [0.1, 0.15) is 5.75 Å². The van der Waals surface area contributed by atoms with Crippen LogP contribution in [0.25, 0.3) is 0 Å². The highest BCUT2D eigenvalue weighted by atomic mass is 16.5. The van der Waals surface area contributed by atoms with Crippen LogP contribution in [0.4, 0.5) is 0 Å². The van der Waals surface area contributed by atoms with Crippen molar-refractivity contribution in [1.29, 1.82) is 0 Å². The molecule has 0 aliphatic carbocycles. The van der Waals surface area contributed by atoms with Gasteiger partial charge in [0.25, 0.3) is 0 Å². The monoisotopic (exact) mass is 382 g/mol. The first-order valence-electron chi connectivity index (χ1n) is 9.95. The van der Waals surface area contributed by atoms with Gasteiger partial charge >= 0.3 is 0 Å². The van der Waals surface area contributed by atoms with Gasteiger partial charge in [0.15, 0.2) is 0 Å². The second-order valence-corrected chi connectivity index (χ2v) is 7.24. The lowest BCUT2D eigenvalue weighted by Gasteiger charge is -2.35. The molecule has 2 aromatic carbocycles. The lowest BCUT2D eigenvalue weighted by atomic mass is 9.99. The number of methoxy groups -OCH3 is 1. The van der Waals surface area contributed by atoms with E-state index in [1.165, 1.54) is 5.56 Å². The zero-order chi connectivity index (χ0) is 19.8. The molecule has 3 rings (SSSR count). The molecule has 0 saturated carbocycles. The highest BCUT2D eigenvalue weighted by Gasteiger charge is 2.26. The van der Waals surface area contributed by atoms with Gasteiger partial charge in [-0.05, 0) is 18.1 Å². The van der Waals surface area contributed by atoms with Crippen molar-refractivity contribution >= 4 is 5.91 Å². The predicted molar refractivity (Wildman–Crippen MR) is 110 cm³/mol. The Morgan fingerprint density at radius 3 is 2.50 bits per heavy atom. The Labute approximate surface area is 167 Å². The molecule has 0 spiro atoms. The summed E-state index contributed by atoms with van der Waals surface area (Å²) >= 11 is 0. The molecule has 28 heavy (non-hydrogen) atoms. The first-order valence-corrected chi connectivity index (χ1v) is 9.95. The minimum absolute atomic E-state index is 0.0629. The number of rotatable bonds is 8. The fourth-order valence-corrected chi connectivity index (χ4v) is 3.70. The third-order valence-corrected chi connectivity index (χ3v) is 5.29. The van der Waals surface area contributed by atoms with Crippen molar-refractivity contribution in [2.75, 3.05) is 40.0 Å². The van der Waals surface area contributed by atoms with Gasteiger partial charge in [0.05, 0.1) is 26.4 Å². The molecule has 1 saturated heterocycles. The summed E-state index contributed by atoms with van der Waals surface area (Å²) in [6, 6.07) is 18.3. The summed E-state index contributed by atoms with van der Waals surface area (Å²) in [5, 5.41) is 3.17. The molecule has 0 bridgehead atoms. The van der Waals surface area contributed by atoms with E-state index in [2.05, 4.69) is 28.4 Å². The van der Waals surface area contributed by atoms with E-state index in [-0.39, 0.29) is 17.9 Å². The van der Waals surface area contributed by atoms with Gasteiger partial charge in [-0.2, -0.15) is 0 Å². The van der Waals surface area contributed by atoms with Gasteiger partial charge in [0, 0.05) is 31.1 Å². The predicted octanol–water partition coefficient (Wildman–Crippen LogP) is 3.06. The minimum atomic E-state index is -0.0783. The van der Waals surface area contributed by atoms with Crippen molar-refractivity contribution in [3.8, 4) is 5.75 Å². The Bertz CT molecular complexity index is 745. The molecule has 1 heterocycles. The molecular weight excluding hydrogens is 352 g/mol. The SMILES string of the molecule is COc1ccccc1C(CNC(=O)C(C)Cc1ccccc1)N1CCOCC1. The number of benzene rings is 2. The largest absolute Gasteiger partial charge is 0.496 e. The number of carbonyl (C=O) groups is 1. The minimum Gasteiger partial charge on any atom is -0.496 e. The molecular formula is C23H30N2O3. The van der Waals surface area contributed by atoms with Crippen LogP contribution in [-0.4, -0.2) is 50.8 Å². The number of nitrogens with zero attached hydrogens (tertiary/aromatic N) is 1. The van der Waals surface area contributed by atoms with E-state index < -0.39 is 0 Å². The van der Waals surface area contributed by atoms with Crippen LogP contribution in [0.3, 0.4) is 0 Å². The number of hydrogen-bond acceptors (Lipinski definition) is 4. The summed E-state index contributed by atoms with van der Waals surface area (Å²) in [6.07, 6.45) is 0.740. The van der Waals surface area contributed by atoms with Crippen LogP contribution in [0, 0.1) is 5.92 Å². The van der Waals surface area contributed by atoms with Crippen molar-refractivity contribution < 1.29 is 14.3 Å². The topological polar surface area (TPSA) is 50.8 Å². The molecule has 1 aliphatic heterocycles. The molecule has 1 N–H and O–H groups in total. The maximum absolute atomic E-state index is 12.7. The van der Waals surface area contributed by atoms with Crippen molar-refractivity contribution in [3.05, 3.63) is 65.7 Å². The Morgan fingerprint density at radius 2 is 1.79 bits per heavy atom. The summed E-state index contributed by atoms with van der Waals surface area (Å²) in [7, 11) is 1.69. The number of amides is 1. The quantitative estimate of drug-likeness (QED) is 0.762. The van der Waals surface area contributed by atoms with E-state index in [1.807, 2.05) is 43.3 Å². The summed E-state index contributed by atoms with van der Waals surface area (Å²) in [5.74, 6) is 0.855. The fourth-order valence-electron chi connectivity index (χ4n) is 3.70. The van der Waals surface area contributed by atoms with Crippen LogP contribution in [0.15, 0.2) is 54.6 Å². The van der Waals surface area contributed by atoms with Gasteiger partial charge in [-0.15, -0.1) is 0 Å². The van der Waals surface area contributed by atoms with Crippen LogP contribution < -0.4 is 10.1 Å². The summed E-state index contributed by atoms with van der Waals surface area (Å²) < 4.78 is 11.1. The maximum Gasteiger partial charge on any atom is 0.223 e. The van der Waals surface area contributed by atoms with E-state index in [0.717, 1.165) is 30.8 Å². The number of morpholine rings is 1.